The van der Waals surface area contributed by atoms with Crippen LogP contribution in [0.2, 0.25) is 5.02 Å². The van der Waals surface area contributed by atoms with Crippen molar-refractivity contribution in [3.8, 4) is 0 Å². The first kappa shape index (κ1) is 13.9. The van der Waals surface area contributed by atoms with Crippen LogP contribution in [0.5, 0.6) is 0 Å². The van der Waals surface area contributed by atoms with Gasteiger partial charge in [0, 0.05) is 16.6 Å². The third-order valence-corrected chi connectivity index (χ3v) is 3.54. The fourth-order valence-electron chi connectivity index (χ4n) is 1.37. The molecule has 1 aromatic carbocycles. The summed E-state index contributed by atoms with van der Waals surface area (Å²) in [4.78, 5) is 0. The second-order valence-corrected chi connectivity index (χ2v) is 4.50. The van der Waals surface area contributed by atoms with Gasteiger partial charge in [0.1, 0.15) is 5.82 Å². The Morgan fingerprint density at radius 3 is 2.81 bits per heavy atom. The average molecular weight is 311 g/mol. The summed E-state index contributed by atoms with van der Waals surface area (Å²) in [5.41, 5.74) is 0.518. The molecule has 0 aliphatic heterocycles. The van der Waals surface area contributed by atoms with Crippen molar-refractivity contribution in [2.45, 2.75) is 13.0 Å². The van der Waals surface area contributed by atoms with Crippen LogP contribution in [0.3, 0.4) is 0 Å². The van der Waals surface area contributed by atoms with Crippen LogP contribution in [-0.2, 0) is 4.74 Å². The number of hydrogen-bond donors (Lipinski definition) is 1. The van der Waals surface area contributed by atoms with E-state index >= 15 is 0 Å². The van der Waals surface area contributed by atoms with Crippen molar-refractivity contribution in [1.82, 2.24) is 5.32 Å². The minimum atomic E-state index is -0.407. The molecule has 1 aromatic rings. The summed E-state index contributed by atoms with van der Waals surface area (Å²) < 4.78 is 19.7. The third-order valence-electron chi connectivity index (χ3n) is 2.28. The molecule has 90 valence electrons. The molecule has 0 aliphatic carbocycles. The zero-order valence-corrected chi connectivity index (χ0v) is 11.5. The van der Waals surface area contributed by atoms with Crippen LogP contribution in [0.25, 0.3) is 0 Å². The highest BCUT2D eigenvalue weighted by molar-refractivity contribution is 9.10. The summed E-state index contributed by atoms with van der Waals surface area (Å²) in [6.07, 6.45) is 0. The molecule has 0 aromatic heterocycles. The Morgan fingerprint density at radius 2 is 2.25 bits per heavy atom. The molecule has 0 fully saturated rings. The van der Waals surface area contributed by atoms with Crippen LogP contribution in [0, 0.1) is 5.82 Å². The topological polar surface area (TPSA) is 21.3 Å². The first-order valence-corrected chi connectivity index (χ1v) is 6.17. The van der Waals surface area contributed by atoms with Gasteiger partial charge in [0.05, 0.1) is 17.7 Å². The molecule has 2 nitrogen and oxygen atoms in total. The second-order valence-electron chi connectivity index (χ2n) is 3.27. The van der Waals surface area contributed by atoms with E-state index in [0.29, 0.717) is 23.2 Å². The number of rotatable bonds is 5. The van der Waals surface area contributed by atoms with Crippen molar-refractivity contribution in [3.63, 3.8) is 0 Å². The van der Waals surface area contributed by atoms with Crippen molar-refractivity contribution in [1.29, 1.82) is 0 Å². The number of halogens is 3. The fourth-order valence-corrected chi connectivity index (χ4v) is 1.85. The zero-order chi connectivity index (χ0) is 12.1. The van der Waals surface area contributed by atoms with Gasteiger partial charge < -0.3 is 10.1 Å². The van der Waals surface area contributed by atoms with Crippen molar-refractivity contribution >= 4 is 27.5 Å². The predicted octanol–water partition coefficient (Wildman–Crippen LogP) is 3.54. The number of likely N-dealkylation sites (N-methyl/N-ethyl adjacent to an activating group) is 1. The van der Waals surface area contributed by atoms with Crippen LogP contribution < -0.4 is 5.32 Å². The van der Waals surface area contributed by atoms with E-state index in [1.54, 1.807) is 19.2 Å². The third kappa shape index (κ3) is 3.17. The first-order chi connectivity index (χ1) is 7.61. The van der Waals surface area contributed by atoms with Crippen LogP contribution in [0.1, 0.15) is 18.5 Å². The van der Waals surface area contributed by atoms with Crippen LogP contribution >= 0.6 is 27.5 Å². The predicted molar refractivity (Wildman–Crippen MR) is 67.4 cm³/mol. The molecule has 0 aliphatic rings. The fraction of sp³-hybridized carbons (Fsp3) is 0.455. The largest absolute Gasteiger partial charge is 0.380 e. The number of benzene rings is 1. The number of hydrogen-bond acceptors (Lipinski definition) is 2. The molecule has 0 heterocycles. The van der Waals surface area contributed by atoms with E-state index < -0.39 is 5.82 Å². The van der Waals surface area contributed by atoms with E-state index in [0.717, 1.165) is 0 Å². The Hall–Kier alpha value is -0.160. The Bertz CT molecular complexity index is 362. The lowest BCUT2D eigenvalue weighted by atomic mass is 10.1. The van der Waals surface area contributed by atoms with E-state index in [4.69, 9.17) is 16.3 Å². The maximum Gasteiger partial charge on any atom is 0.147 e. The van der Waals surface area contributed by atoms with E-state index in [1.165, 1.54) is 0 Å². The smallest absolute Gasteiger partial charge is 0.147 e. The van der Waals surface area contributed by atoms with Crippen LogP contribution in [0.15, 0.2) is 16.6 Å². The maximum absolute atomic E-state index is 13.9. The first-order valence-electron chi connectivity index (χ1n) is 5.00. The van der Waals surface area contributed by atoms with Gasteiger partial charge in [0.2, 0.25) is 0 Å². The Kier molecular flexibility index (Phi) is 5.69. The lowest BCUT2D eigenvalue weighted by molar-refractivity contribution is 0.124. The molecule has 0 amide bonds. The normalized spacial score (nSPS) is 12.8. The molecule has 1 atom stereocenters. The van der Waals surface area contributed by atoms with Crippen LogP contribution in [-0.4, -0.2) is 20.3 Å². The Morgan fingerprint density at radius 1 is 1.56 bits per heavy atom. The van der Waals surface area contributed by atoms with Gasteiger partial charge >= 0.3 is 0 Å². The molecule has 16 heavy (non-hydrogen) atoms. The summed E-state index contributed by atoms with van der Waals surface area (Å²) in [5, 5.41) is 3.11. The molecule has 0 saturated heterocycles. The Labute approximate surface area is 108 Å². The van der Waals surface area contributed by atoms with Gasteiger partial charge in [-0.2, -0.15) is 0 Å². The monoisotopic (exact) mass is 309 g/mol. The average Bonchev–Trinajstić information content (AvgIpc) is 2.29. The van der Waals surface area contributed by atoms with Gasteiger partial charge in [0.25, 0.3) is 0 Å². The van der Waals surface area contributed by atoms with Gasteiger partial charge in [-0.05, 0) is 36.0 Å². The van der Waals surface area contributed by atoms with Gasteiger partial charge in [0.15, 0.2) is 0 Å². The minimum Gasteiger partial charge on any atom is -0.380 e. The molecule has 0 bridgehead atoms. The standard InChI is InChI=1S/C11H14BrClFNO/c1-3-16-6-9(15-2)7-4-5-8(12)10(13)11(7)14/h4-5,9,15H,3,6H2,1-2H3. The molecule has 0 spiro atoms. The van der Waals surface area contributed by atoms with E-state index in [1.807, 2.05) is 6.92 Å². The van der Waals surface area contributed by atoms with Crippen molar-refractivity contribution < 1.29 is 9.13 Å². The molecule has 1 N–H and O–H groups in total. The lowest BCUT2D eigenvalue weighted by Gasteiger charge is -2.17. The van der Waals surface area contributed by atoms with Gasteiger partial charge in [-0.1, -0.05) is 17.7 Å². The van der Waals surface area contributed by atoms with Crippen molar-refractivity contribution in [2.24, 2.45) is 0 Å². The highest BCUT2D eigenvalue weighted by Crippen LogP contribution is 2.30. The van der Waals surface area contributed by atoms with E-state index in [-0.39, 0.29) is 11.1 Å². The van der Waals surface area contributed by atoms with Crippen molar-refractivity contribution in [2.75, 3.05) is 20.3 Å². The van der Waals surface area contributed by atoms with E-state index in [9.17, 15) is 4.39 Å². The zero-order valence-electron chi connectivity index (χ0n) is 9.19. The molecular formula is C11H14BrClFNO. The molecule has 0 saturated carbocycles. The maximum atomic E-state index is 13.9. The molecular weight excluding hydrogens is 296 g/mol. The summed E-state index contributed by atoms with van der Waals surface area (Å²) in [6.45, 7) is 2.92. The molecule has 0 radical (unpaired) electrons. The second kappa shape index (κ2) is 6.55. The van der Waals surface area contributed by atoms with Crippen LogP contribution in [0.4, 0.5) is 4.39 Å². The van der Waals surface area contributed by atoms with Gasteiger partial charge in [-0.25, -0.2) is 4.39 Å². The molecule has 1 rings (SSSR count). The summed E-state index contributed by atoms with van der Waals surface area (Å²) in [7, 11) is 1.76. The van der Waals surface area contributed by atoms with Gasteiger partial charge in [-0.3, -0.25) is 0 Å². The molecule has 5 heteroatoms. The van der Waals surface area contributed by atoms with Gasteiger partial charge in [-0.15, -0.1) is 0 Å². The highest BCUT2D eigenvalue weighted by atomic mass is 79.9. The summed E-state index contributed by atoms with van der Waals surface area (Å²) in [6, 6.07) is 3.24. The summed E-state index contributed by atoms with van der Waals surface area (Å²) in [5.74, 6) is -0.407. The lowest BCUT2D eigenvalue weighted by Crippen LogP contribution is -2.23. The Balaban J connectivity index is 2.96. The SMILES string of the molecule is CCOCC(NC)c1ccc(Br)c(Cl)c1F. The highest BCUT2D eigenvalue weighted by Gasteiger charge is 2.17. The quantitative estimate of drug-likeness (QED) is 0.840. The minimum absolute atomic E-state index is 0.106. The summed E-state index contributed by atoms with van der Waals surface area (Å²) >= 11 is 9.01. The number of ether oxygens (including phenoxy) is 1. The number of nitrogens with one attached hydrogen (secondary N) is 1. The van der Waals surface area contributed by atoms with E-state index in [2.05, 4.69) is 21.2 Å². The van der Waals surface area contributed by atoms with Crippen molar-refractivity contribution in [3.05, 3.63) is 33.0 Å². The molecule has 1 unspecified atom stereocenters.